The Morgan fingerprint density at radius 1 is 1.43 bits per heavy atom. The minimum Gasteiger partial charge on any atom is -0.316 e. The highest BCUT2D eigenvalue weighted by Gasteiger charge is 2.15. The molecule has 0 spiro atoms. The molecule has 1 saturated heterocycles. The zero-order chi connectivity index (χ0) is 9.80. The molecule has 0 amide bonds. The van der Waals surface area contributed by atoms with Gasteiger partial charge in [-0.1, -0.05) is 28.1 Å². The molecule has 1 fully saturated rings. The van der Waals surface area contributed by atoms with Crippen molar-refractivity contribution in [3.63, 3.8) is 0 Å². The van der Waals surface area contributed by atoms with Crippen molar-refractivity contribution in [3.05, 3.63) is 34.3 Å². The van der Waals surface area contributed by atoms with Gasteiger partial charge in [0.25, 0.3) is 0 Å². The maximum atomic E-state index is 3.49. The summed E-state index contributed by atoms with van der Waals surface area (Å²) in [7, 11) is 0. The standard InChI is InChI=1S/C11H14BrNS/c12-11-3-1-2-9(4-11)7-14-8-10-5-13-6-10/h1-4,10,13H,5-8H2. The van der Waals surface area contributed by atoms with E-state index in [1.54, 1.807) is 0 Å². The van der Waals surface area contributed by atoms with E-state index in [2.05, 4.69) is 45.5 Å². The average molecular weight is 272 g/mol. The average Bonchev–Trinajstić information content (AvgIpc) is 2.09. The highest BCUT2D eigenvalue weighted by Crippen LogP contribution is 2.19. The summed E-state index contributed by atoms with van der Waals surface area (Å²) in [5.41, 5.74) is 1.41. The lowest BCUT2D eigenvalue weighted by atomic mass is 10.1. The number of nitrogens with one attached hydrogen (secondary N) is 1. The third kappa shape index (κ3) is 3.01. The fourth-order valence-electron chi connectivity index (χ4n) is 1.44. The molecule has 0 radical (unpaired) electrons. The lowest BCUT2D eigenvalue weighted by Gasteiger charge is -2.26. The van der Waals surface area contributed by atoms with Crippen molar-refractivity contribution in [2.75, 3.05) is 18.8 Å². The Balaban J connectivity index is 1.74. The molecule has 0 aliphatic carbocycles. The van der Waals surface area contributed by atoms with E-state index in [1.807, 2.05) is 11.8 Å². The Kier molecular flexibility index (Phi) is 3.90. The predicted octanol–water partition coefficient (Wildman–Crippen LogP) is 2.90. The van der Waals surface area contributed by atoms with Gasteiger partial charge in [0.2, 0.25) is 0 Å². The fourth-order valence-corrected chi connectivity index (χ4v) is 2.99. The fraction of sp³-hybridized carbons (Fsp3) is 0.455. The molecule has 1 aliphatic rings. The van der Waals surface area contributed by atoms with Crippen molar-refractivity contribution in [3.8, 4) is 0 Å². The molecule has 0 bridgehead atoms. The molecule has 1 nitrogen and oxygen atoms in total. The molecular weight excluding hydrogens is 258 g/mol. The van der Waals surface area contributed by atoms with E-state index in [1.165, 1.54) is 28.9 Å². The van der Waals surface area contributed by atoms with Gasteiger partial charge < -0.3 is 5.32 Å². The first-order valence-electron chi connectivity index (χ1n) is 4.87. The monoisotopic (exact) mass is 271 g/mol. The van der Waals surface area contributed by atoms with Gasteiger partial charge in [0, 0.05) is 10.2 Å². The van der Waals surface area contributed by atoms with Crippen LogP contribution in [0.5, 0.6) is 0 Å². The van der Waals surface area contributed by atoms with Crippen molar-refractivity contribution in [1.82, 2.24) is 5.32 Å². The Morgan fingerprint density at radius 3 is 2.93 bits per heavy atom. The van der Waals surface area contributed by atoms with E-state index in [9.17, 15) is 0 Å². The molecule has 0 aromatic heterocycles. The highest BCUT2D eigenvalue weighted by atomic mass is 79.9. The number of hydrogen-bond donors (Lipinski definition) is 1. The normalized spacial score (nSPS) is 16.6. The van der Waals surface area contributed by atoms with Crippen LogP contribution in [0.2, 0.25) is 0 Å². The number of hydrogen-bond acceptors (Lipinski definition) is 2. The lowest BCUT2D eigenvalue weighted by Crippen LogP contribution is -2.43. The first-order valence-corrected chi connectivity index (χ1v) is 6.82. The highest BCUT2D eigenvalue weighted by molar-refractivity contribution is 9.10. The Bertz CT molecular complexity index is 299. The van der Waals surface area contributed by atoms with Crippen LogP contribution < -0.4 is 5.32 Å². The predicted molar refractivity (Wildman–Crippen MR) is 66.7 cm³/mol. The molecule has 1 heterocycles. The molecule has 1 aliphatic heterocycles. The third-order valence-corrected chi connectivity index (χ3v) is 4.12. The van der Waals surface area contributed by atoms with Gasteiger partial charge in [-0.3, -0.25) is 0 Å². The third-order valence-electron chi connectivity index (χ3n) is 2.38. The molecular formula is C11H14BrNS. The van der Waals surface area contributed by atoms with E-state index in [0.717, 1.165) is 11.7 Å². The number of benzene rings is 1. The van der Waals surface area contributed by atoms with Gasteiger partial charge in [-0.2, -0.15) is 11.8 Å². The lowest BCUT2D eigenvalue weighted by molar-refractivity contribution is 0.385. The SMILES string of the molecule is Brc1cccc(CSCC2CNC2)c1. The van der Waals surface area contributed by atoms with Crippen LogP contribution in [0.25, 0.3) is 0 Å². The summed E-state index contributed by atoms with van der Waals surface area (Å²) in [5.74, 6) is 3.34. The van der Waals surface area contributed by atoms with Crippen LogP contribution in [0.3, 0.4) is 0 Å². The van der Waals surface area contributed by atoms with Gasteiger partial charge in [-0.15, -0.1) is 0 Å². The van der Waals surface area contributed by atoms with Crippen LogP contribution in [0.15, 0.2) is 28.7 Å². The quantitative estimate of drug-likeness (QED) is 0.904. The van der Waals surface area contributed by atoms with Crippen LogP contribution >= 0.6 is 27.7 Å². The number of halogens is 1. The Morgan fingerprint density at radius 2 is 2.29 bits per heavy atom. The molecule has 0 atom stereocenters. The second kappa shape index (κ2) is 5.19. The topological polar surface area (TPSA) is 12.0 Å². The van der Waals surface area contributed by atoms with Crippen molar-refractivity contribution in [2.24, 2.45) is 5.92 Å². The van der Waals surface area contributed by atoms with Gasteiger partial charge in [0.15, 0.2) is 0 Å². The van der Waals surface area contributed by atoms with Crippen LogP contribution in [-0.2, 0) is 5.75 Å². The van der Waals surface area contributed by atoms with Gasteiger partial charge in [0.1, 0.15) is 0 Å². The first-order chi connectivity index (χ1) is 6.84. The Hall–Kier alpha value is 0.01000. The molecule has 14 heavy (non-hydrogen) atoms. The summed E-state index contributed by atoms with van der Waals surface area (Å²) in [6.45, 7) is 2.43. The van der Waals surface area contributed by atoms with Crippen LogP contribution in [0.1, 0.15) is 5.56 Å². The summed E-state index contributed by atoms with van der Waals surface area (Å²) in [5, 5.41) is 3.30. The minimum absolute atomic E-state index is 0.909. The largest absolute Gasteiger partial charge is 0.316 e. The van der Waals surface area contributed by atoms with Gasteiger partial charge in [0.05, 0.1) is 0 Å². The molecule has 2 rings (SSSR count). The number of rotatable bonds is 4. The van der Waals surface area contributed by atoms with Crippen LogP contribution in [-0.4, -0.2) is 18.8 Å². The molecule has 3 heteroatoms. The molecule has 0 unspecified atom stereocenters. The van der Waals surface area contributed by atoms with E-state index in [4.69, 9.17) is 0 Å². The van der Waals surface area contributed by atoms with Gasteiger partial charge in [-0.25, -0.2) is 0 Å². The zero-order valence-corrected chi connectivity index (χ0v) is 10.4. The molecule has 0 saturated carbocycles. The molecule has 1 aromatic rings. The zero-order valence-electron chi connectivity index (χ0n) is 8.00. The van der Waals surface area contributed by atoms with Gasteiger partial charge >= 0.3 is 0 Å². The van der Waals surface area contributed by atoms with Crippen LogP contribution in [0.4, 0.5) is 0 Å². The van der Waals surface area contributed by atoms with E-state index in [0.29, 0.717) is 0 Å². The summed E-state index contributed by atoms with van der Waals surface area (Å²) >= 11 is 5.53. The molecule has 1 N–H and O–H groups in total. The van der Waals surface area contributed by atoms with Crippen molar-refractivity contribution in [2.45, 2.75) is 5.75 Å². The summed E-state index contributed by atoms with van der Waals surface area (Å²) < 4.78 is 1.18. The maximum Gasteiger partial charge on any atom is 0.0185 e. The van der Waals surface area contributed by atoms with Crippen molar-refractivity contribution in [1.29, 1.82) is 0 Å². The summed E-state index contributed by atoms with van der Waals surface area (Å²) in [6.07, 6.45) is 0. The first kappa shape index (κ1) is 10.5. The van der Waals surface area contributed by atoms with Crippen LogP contribution in [0, 0.1) is 5.92 Å². The Labute approximate surface area is 97.8 Å². The minimum atomic E-state index is 0.909. The van der Waals surface area contributed by atoms with Crippen molar-refractivity contribution < 1.29 is 0 Å². The second-order valence-electron chi connectivity index (χ2n) is 3.67. The van der Waals surface area contributed by atoms with E-state index in [-0.39, 0.29) is 0 Å². The van der Waals surface area contributed by atoms with Crippen molar-refractivity contribution >= 4 is 27.7 Å². The maximum absolute atomic E-state index is 3.49. The second-order valence-corrected chi connectivity index (χ2v) is 5.62. The van der Waals surface area contributed by atoms with E-state index < -0.39 is 0 Å². The smallest absolute Gasteiger partial charge is 0.0185 e. The van der Waals surface area contributed by atoms with Gasteiger partial charge in [-0.05, 0) is 42.5 Å². The molecule has 1 aromatic carbocycles. The summed E-state index contributed by atoms with van der Waals surface area (Å²) in [6, 6.07) is 8.57. The number of thioether (sulfide) groups is 1. The molecule has 76 valence electrons. The summed E-state index contributed by atoms with van der Waals surface area (Å²) in [4.78, 5) is 0. The van der Waals surface area contributed by atoms with E-state index >= 15 is 0 Å².